The Morgan fingerprint density at radius 2 is 2.13 bits per heavy atom. The number of rotatable bonds is 4. The number of anilines is 1. The predicted octanol–water partition coefficient (Wildman–Crippen LogP) is 3.61. The first-order valence-electron chi connectivity index (χ1n) is 10.1. The summed E-state index contributed by atoms with van der Waals surface area (Å²) in [6, 6.07) is 3.26. The zero-order chi connectivity index (χ0) is 22.3. The lowest BCUT2D eigenvalue weighted by Crippen LogP contribution is -2.50. The van der Waals surface area contributed by atoms with Crippen LogP contribution in [0.25, 0.3) is 16.7 Å². The van der Waals surface area contributed by atoms with Gasteiger partial charge in [0.15, 0.2) is 16.6 Å². The van der Waals surface area contributed by atoms with E-state index in [4.69, 9.17) is 11.6 Å². The lowest BCUT2D eigenvalue weighted by molar-refractivity contribution is 0.497. The van der Waals surface area contributed by atoms with Gasteiger partial charge in [0.05, 0.1) is 16.8 Å². The maximum atomic E-state index is 14.5. The lowest BCUT2D eigenvalue weighted by atomic mass is 10.1. The molecular formula is C21H24ClFN6OS. The molecule has 1 aliphatic heterocycles. The number of nitrogens with one attached hydrogen (secondary N) is 1. The number of hydrogen-bond donors (Lipinski definition) is 1. The quantitative estimate of drug-likeness (QED) is 0.468. The maximum Gasteiger partial charge on any atom is 0.355 e. The van der Waals surface area contributed by atoms with E-state index in [0.717, 1.165) is 23.7 Å². The maximum absolute atomic E-state index is 14.5. The predicted molar refractivity (Wildman–Crippen MR) is 123 cm³/mol. The number of fused-ring (bicyclic) bond motifs is 1. The zero-order valence-electron chi connectivity index (χ0n) is 17.8. The molecular weight excluding hydrogens is 439 g/mol. The van der Waals surface area contributed by atoms with Gasteiger partial charge in [-0.2, -0.15) is 4.98 Å². The van der Waals surface area contributed by atoms with Crippen molar-refractivity contribution in [3.63, 3.8) is 0 Å². The van der Waals surface area contributed by atoms with Crippen LogP contribution in [0.1, 0.15) is 32.4 Å². The summed E-state index contributed by atoms with van der Waals surface area (Å²) >= 11 is 7.57. The molecule has 1 atom stereocenters. The highest BCUT2D eigenvalue weighted by atomic mass is 35.5. The molecule has 4 heterocycles. The summed E-state index contributed by atoms with van der Waals surface area (Å²) in [7, 11) is 0. The Morgan fingerprint density at radius 3 is 2.81 bits per heavy atom. The van der Waals surface area contributed by atoms with Gasteiger partial charge in [0.1, 0.15) is 5.82 Å². The highest BCUT2D eigenvalue weighted by Gasteiger charge is 2.27. The highest BCUT2D eigenvalue weighted by Crippen LogP contribution is 2.34. The number of nitrogens with zero attached hydrogens (tertiary/aromatic N) is 5. The van der Waals surface area contributed by atoms with Crippen LogP contribution in [-0.4, -0.2) is 51.5 Å². The van der Waals surface area contributed by atoms with E-state index in [1.54, 1.807) is 6.20 Å². The standard InChI is InChI=1S/C21H24ClFN6OS/c1-11(2)16-17(15(31-4)5-6-25-16)29-20-13(9-14(23)18(22)26-20)19(27-21(29)30)28-8-7-24-10-12(28)3/h5-6,9,11-12,24H,7-8,10H2,1-4H3/t12-/m0/s1. The monoisotopic (exact) mass is 462 g/mol. The summed E-state index contributed by atoms with van der Waals surface area (Å²) in [6.07, 6.45) is 3.66. The van der Waals surface area contributed by atoms with Crippen LogP contribution in [0, 0.1) is 5.82 Å². The molecule has 1 fully saturated rings. The van der Waals surface area contributed by atoms with Gasteiger partial charge in [0.2, 0.25) is 0 Å². The topological polar surface area (TPSA) is 75.9 Å². The van der Waals surface area contributed by atoms with Gasteiger partial charge in [0, 0.05) is 36.8 Å². The Labute approximate surface area is 189 Å². The molecule has 0 radical (unpaired) electrons. The molecule has 31 heavy (non-hydrogen) atoms. The van der Waals surface area contributed by atoms with Gasteiger partial charge in [-0.3, -0.25) is 4.98 Å². The van der Waals surface area contributed by atoms with E-state index >= 15 is 0 Å². The molecule has 1 N–H and O–H groups in total. The molecule has 3 aromatic heterocycles. The van der Waals surface area contributed by atoms with E-state index < -0.39 is 11.5 Å². The van der Waals surface area contributed by atoms with Crippen LogP contribution in [0.5, 0.6) is 0 Å². The van der Waals surface area contributed by atoms with E-state index in [1.807, 2.05) is 38.0 Å². The average Bonchev–Trinajstić information content (AvgIpc) is 2.74. The Hall–Kier alpha value is -2.23. The number of hydrogen-bond acceptors (Lipinski definition) is 7. The van der Waals surface area contributed by atoms with Crippen molar-refractivity contribution in [3.8, 4) is 5.69 Å². The molecule has 0 unspecified atom stereocenters. The van der Waals surface area contributed by atoms with E-state index in [-0.39, 0.29) is 22.8 Å². The van der Waals surface area contributed by atoms with Crippen LogP contribution in [-0.2, 0) is 0 Å². The highest BCUT2D eigenvalue weighted by molar-refractivity contribution is 7.98. The van der Waals surface area contributed by atoms with Crippen molar-refractivity contribution in [2.24, 2.45) is 0 Å². The molecule has 0 bridgehead atoms. The van der Waals surface area contributed by atoms with Crippen LogP contribution in [0.2, 0.25) is 5.15 Å². The van der Waals surface area contributed by atoms with Gasteiger partial charge in [-0.1, -0.05) is 25.4 Å². The van der Waals surface area contributed by atoms with Crippen molar-refractivity contribution in [2.75, 3.05) is 30.8 Å². The molecule has 7 nitrogen and oxygen atoms in total. The Morgan fingerprint density at radius 1 is 1.35 bits per heavy atom. The lowest BCUT2D eigenvalue weighted by Gasteiger charge is -2.35. The smallest absolute Gasteiger partial charge is 0.351 e. The van der Waals surface area contributed by atoms with Crippen molar-refractivity contribution < 1.29 is 4.39 Å². The third kappa shape index (κ3) is 3.90. The minimum absolute atomic E-state index is 0.0489. The van der Waals surface area contributed by atoms with Crippen LogP contribution in [0.15, 0.2) is 28.0 Å². The summed E-state index contributed by atoms with van der Waals surface area (Å²) in [5, 5.41) is 3.47. The summed E-state index contributed by atoms with van der Waals surface area (Å²) in [5.74, 6) is -0.174. The van der Waals surface area contributed by atoms with Gasteiger partial charge >= 0.3 is 5.69 Å². The van der Waals surface area contributed by atoms with Crippen molar-refractivity contribution in [2.45, 2.75) is 37.6 Å². The van der Waals surface area contributed by atoms with Gasteiger partial charge in [-0.15, -0.1) is 11.8 Å². The summed E-state index contributed by atoms with van der Waals surface area (Å²) in [6.45, 7) is 8.19. The molecule has 1 aliphatic rings. The first kappa shape index (κ1) is 22.0. The van der Waals surface area contributed by atoms with Gasteiger partial charge < -0.3 is 10.2 Å². The van der Waals surface area contributed by atoms with E-state index in [1.165, 1.54) is 22.4 Å². The van der Waals surface area contributed by atoms with Gasteiger partial charge in [-0.05, 0) is 31.2 Å². The van der Waals surface area contributed by atoms with E-state index in [0.29, 0.717) is 23.4 Å². The van der Waals surface area contributed by atoms with E-state index in [9.17, 15) is 9.18 Å². The number of piperazine rings is 1. The fourth-order valence-corrected chi connectivity index (χ4v) is 4.64. The molecule has 10 heteroatoms. The van der Waals surface area contributed by atoms with Gasteiger partial charge in [0.25, 0.3) is 0 Å². The van der Waals surface area contributed by atoms with Crippen LogP contribution < -0.4 is 15.9 Å². The summed E-state index contributed by atoms with van der Waals surface area (Å²) < 4.78 is 15.9. The molecule has 0 aromatic carbocycles. The molecule has 0 aliphatic carbocycles. The van der Waals surface area contributed by atoms with Crippen molar-refractivity contribution in [1.29, 1.82) is 0 Å². The molecule has 3 aromatic rings. The first-order chi connectivity index (χ1) is 14.8. The normalized spacial score (nSPS) is 17.0. The van der Waals surface area contributed by atoms with Crippen LogP contribution in [0.4, 0.5) is 10.2 Å². The Bertz CT molecular complexity index is 1200. The van der Waals surface area contributed by atoms with Crippen molar-refractivity contribution in [3.05, 3.63) is 45.5 Å². The molecule has 0 spiro atoms. The molecule has 0 saturated carbocycles. The fourth-order valence-electron chi connectivity index (χ4n) is 3.92. The third-order valence-electron chi connectivity index (χ3n) is 5.44. The van der Waals surface area contributed by atoms with Gasteiger partial charge in [-0.25, -0.2) is 18.7 Å². The molecule has 1 saturated heterocycles. The minimum Gasteiger partial charge on any atom is -0.351 e. The van der Waals surface area contributed by atoms with Crippen molar-refractivity contribution >= 4 is 40.2 Å². The minimum atomic E-state index is -0.648. The second-order valence-corrected chi connectivity index (χ2v) is 9.04. The summed E-state index contributed by atoms with van der Waals surface area (Å²) in [5.41, 5.74) is 1.14. The Balaban J connectivity index is 2.11. The fraction of sp³-hybridized carbons (Fsp3) is 0.429. The second kappa shape index (κ2) is 8.72. The molecule has 164 valence electrons. The average molecular weight is 463 g/mol. The van der Waals surface area contributed by atoms with E-state index in [2.05, 4.69) is 20.3 Å². The molecule has 0 amide bonds. The Kier molecular flexibility index (Phi) is 6.18. The van der Waals surface area contributed by atoms with Crippen LogP contribution in [0.3, 0.4) is 0 Å². The third-order valence-corrected chi connectivity index (χ3v) is 6.47. The zero-order valence-corrected chi connectivity index (χ0v) is 19.4. The summed E-state index contributed by atoms with van der Waals surface area (Å²) in [4.78, 5) is 29.6. The molecule has 4 rings (SSSR count). The number of aromatic nitrogens is 4. The first-order valence-corrected chi connectivity index (χ1v) is 11.7. The SMILES string of the molecule is CSc1ccnc(C(C)C)c1-n1c(=O)nc(N2CCNC[C@@H]2C)c2cc(F)c(Cl)nc21. The number of thioether (sulfide) groups is 1. The van der Waals surface area contributed by atoms with Crippen molar-refractivity contribution in [1.82, 2.24) is 24.8 Å². The number of pyridine rings is 2. The second-order valence-electron chi connectivity index (χ2n) is 7.83. The number of halogens is 2. The largest absolute Gasteiger partial charge is 0.355 e. The van der Waals surface area contributed by atoms with Crippen LogP contribution >= 0.6 is 23.4 Å².